The first kappa shape index (κ1) is 25.5. The van der Waals surface area contributed by atoms with Gasteiger partial charge in [0.05, 0.1) is 19.3 Å². The standard InChI is InChI=1S/C27H34N2O5Si/c1-19-15-16-29(26(32)28-19)25-24(31)22(17-30)23(34-25)18-33-35(27(2,3)4,20-11-7-5-8-12-20)21-13-9-6-10-14-21/h5-16,22-25,30-31H,17-18H2,1-4H3/t22-,23-,24-,25-/m1/s1. The summed E-state index contributed by atoms with van der Waals surface area (Å²) >= 11 is 0. The fraction of sp³-hybridized carbons (Fsp3) is 0.407. The number of aryl methyl sites for hydroxylation is 1. The van der Waals surface area contributed by atoms with E-state index in [1.54, 1.807) is 19.2 Å². The molecule has 4 rings (SSSR count). The number of hydrogen-bond acceptors (Lipinski definition) is 6. The highest BCUT2D eigenvalue weighted by molar-refractivity contribution is 6.99. The zero-order valence-electron chi connectivity index (χ0n) is 20.7. The van der Waals surface area contributed by atoms with E-state index in [2.05, 4.69) is 50.0 Å². The lowest BCUT2D eigenvalue weighted by atomic mass is 9.99. The molecular formula is C27H34N2O5Si. The maximum atomic E-state index is 12.5. The smallest absolute Gasteiger partial charge is 0.349 e. The van der Waals surface area contributed by atoms with Crippen LogP contribution in [0.4, 0.5) is 0 Å². The fourth-order valence-electron chi connectivity index (χ4n) is 5.07. The summed E-state index contributed by atoms with van der Waals surface area (Å²) in [5, 5.41) is 23.1. The van der Waals surface area contributed by atoms with Crippen LogP contribution < -0.4 is 16.1 Å². The zero-order chi connectivity index (χ0) is 25.2. The van der Waals surface area contributed by atoms with Gasteiger partial charge in [0.25, 0.3) is 8.32 Å². The van der Waals surface area contributed by atoms with Gasteiger partial charge in [-0.05, 0) is 28.4 Å². The number of hydrogen-bond donors (Lipinski definition) is 2. The second-order valence-corrected chi connectivity index (χ2v) is 14.4. The van der Waals surface area contributed by atoms with Gasteiger partial charge in [-0.1, -0.05) is 81.4 Å². The van der Waals surface area contributed by atoms with E-state index in [4.69, 9.17) is 9.16 Å². The molecule has 0 bridgehead atoms. The third-order valence-corrected chi connectivity index (χ3v) is 11.9. The molecule has 7 nitrogen and oxygen atoms in total. The van der Waals surface area contributed by atoms with Gasteiger partial charge in [-0.2, -0.15) is 4.98 Å². The van der Waals surface area contributed by atoms with Gasteiger partial charge in [0, 0.05) is 17.8 Å². The largest absolute Gasteiger partial charge is 0.405 e. The molecule has 2 heterocycles. The Kier molecular flexibility index (Phi) is 7.39. The molecule has 1 aromatic heterocycles. The Morgan fingerprint density at radius 1 is 1.03 bits per heavy atom. The predicted octanol–water partition coefficient (Wildman–Crippen LogP) is 2.00. The van der Waals surface area contributed by atoms with Crippen LogP contribution in [-0.2, 0) is 9.16 Å². The van der Waals surface area contributed by atoms with E-state index >= 15 is 0 Å². The minimum atomic E-state index is -2.83. The van der Waals surface area contributed by atoms with Crippen LogP contribution in [0, 0.1) is 12.8 Å². The maximum Gasteiger partial charge on any atom is 0.349 e. The van der Waals surface area contributed by atoms with Gasteiger partial charge < -0.3 is 19.4 Å². The van der Waals surface area contributed by atoms with E-state index in [0.717, 1.165) is 10.4 Å². The van der Waals surface area contributed by atoms with E-state index in [-0.39, 0.29) is 18.3 Å². The maximum absolute atomic E-state index is 12.5. The van der Waals surface area contributed by atoms with Gasteiger partial charge in [-0.3, -0.25) is 4.57 Å². The van der Waals surface area contributed by atoms with Gasteiger partial charge in [0.15, 0.2) is 6.23 Å². The number of benzene rings is 2. The quantitative estimate of drug-likeness (QED) is 0.488. The van der Waals surface area contributed by atoms with E-state index in [1.807, 2.05) is 36.4 Å². The summed E-state index contributed by atoms with van der Waals surface area (Å²) in [6.45, 7) is 8.17. The SMILES string of the molecule is Cc1ccn([C@@H]2O[C@H](CO[Si](c3ccccc3)(c3ccccc3)C(C)(C)C)[C@@H](CO)[C@H]2O)c(=O)n1. The molecule has 2 N–H and O–H groups in total. The molecule has 8 heteroatoms. The average molecular weight is 495 g/mol. The Bertz CT molecular complexity index is 1140. The molecule has 0 aliphatic carbocycles. The van der Waals surface area contributed by atoms with Crippen LogP contribution in [0.1, 0.15) is 32.7 Å². The van der Waals surface area contributed by atoms with Crippen LogP contribution >= 0.6 is 0 Å². The van der Waals surface area contributed by atoms with Gasteiger partial charge in [-0.25, -0.2) is 4.79 Å². The van der Waals surface area contributed by atoms with Crippen molar-refractivity contribution in [2.24, 2.45) is 5.92 Å². The molecule has 3 aromatic rings. The average Bonchev–Trinajstić information content (AvgIpc) is 3.15. The third kappa shape index (κ3) is 4.77. The van der Waals surface area contributed by atoms with Gasteiger partial charge >= 0.3 is 5.69 Å². The van der Waals surface area contributed by atoms with Crippen molar-refractivity contribution in [3.05, 3.63) is 89.1 Å². The summed E-state index contributed by atoms with van der Waals surface area (Å²) in [4.78, 5) is 16.4. The zero-order valence-corrected chi connectivity index (χ0v) is 21.7. The third-order valence-electron chi connectivity index (χ3n) is 6.86. The first-order valence-electron chi connectivity index (χ1n) is 11.9. The lowest BCUT2D eigenvalue weighted by molar-refractivity contribution is -0.0518. The Hall–Kier alpha value is -2.62. The molecule has 35 heavy (non-hydrogen) atoms. The van der Waals surface area contributed by atoms with E-state index in [0.29, 0.717) is 5.69 Å². The normalized spacial score (nSPS) is 22.9. The fourth-order valence-corrected chi connectivity index (χ4v) is 9.64. The Morgan fingerprint density at radius 3 is 2.09 bits per heavy atom. The number of aliphatic hydroxyl groups excluding tert-OH is 2. The Morgan fingerprint density at radius 2 is 1.60 bits per heavy atom. The lowest BCUT2D eigenvalue weighted by Gasteiger charge is -2.43. The van der Waals surface area contributed by atoms with Crippen LogP contribution in [0.2, 0.25) is 5.04 Å². The second kappa shape index (κ2) is 10.2. The number of rotatable bonds is 7. The minimum Gasteiger partial charge on any atom is -0.405 e. The lowest BCUT2D eigenvalue weighted by Crippen LogP contribution is -2.67. The van der Waals surface area contributed by atoms with Gasteiger partial charge in [0.2, 0.25) is 0 Å². The van der Waals surface area contributed by atoms with Crippen molar-refractivity contribution in [1.82, 2.24) is 9.55 Å². The van der Waals surface area contributed by atoms with Crippen molar-refractivity contribution in [3.63, 3.8) is 0 Å². The summed E-state index contributed by atoms with van der Waals surface area (Å²) in [5.41, 5.74) is 0.0864. The summed E-state index contributed by atoms with van der Waals surface area (Å²) in [5.74, 6) is -0.605. The second-order valence-electron chi connectivity index (χ2n) is 10.1. The first-order chi connectivity index (χ1) is 16.7. The summed E-state index contributed by atoms with van der Waals surface area (Å²) in [6, 6.07) is 22.2. The number of ether oxygens (including phenoxy) is 1. The van der Waals surface area contributed by atoms with Crippen LogP contribution in [0.25, 0.3) is 0 Å². The number of aromatic nitrogens is 2. The molecule has 0 radical (unpaired) electrons. The molecule has 1 aliphatic heterocycles. The van der Waals surface area contributed by atoms with Crippen LogP contribution in [0.3, 0.4) is 0 Å². The van der Waals surface area contributed by atoms with Gasteiger partial charge in [-0.15, -0.1) is 0 Å². The first-order valence-corrected chi connectivity index (χ1v) is 13.8. The monoisotopic (exact) mass is 494 g/mol. The van der Waals surface area contributed by atoms with Crippen molar-refractivity contribution < 1.29 is 19.4 Å². The predicted molar refractivity (Wildman–Crippen MR) is 137 cm³/mol. The molecule has 0 amide bonds. The molecule has 1 saturated heterocycles. The molecule has 0 unspecified atom stereocenters. The number of nitrogens with zero attached hydrogens (tertiary/aromatic N) is 2. The highest BCUT2D eigenvalue weighted by Gasteiger charge is 2.52. The van der Waals surface area contributed by atoms with Crippen molar-refractivity contribution in [1.29, 1.82) is 0 Å². The van der Waals surface area contributed by atoms with Gasteiger partial charge in [0.1, 0.15) is 6.10 Å². The Balaban J connectivity index is 1.70. The molecule has 4 atom stereocenters. The highest BCUT2D eigenvalue weighted by Crippen LogP contribution is 2.39. The van der Waals surface area contributed by atoms with Crippen LogP contribution in [0.5, 0.6) is 0 Å². The van der Waals surface area contributed by atoms with E-state index in [1.165, 1.54) is 4.57 Å². The van der Waals surface area contributed by atoms with E-state index < -0.39 is 38.4 Å². The molecule has 1 fully saturated rings. The molecule has 1 aliphatic rings. The minimum absolute atomic E-state index is 0.167. The van der Waals surface area contributed by atoms with Crippen LogP contribution in [-0.4, -0.2) is 53.5 Å². The van der Waals surface area contributed by atoms with Crippen molar-refractivity contribution in [2.75, 3.05) is 13.2 Å². The summed E-state index contributed by atoms with van der Waals surface area (Å²) in [6.07, 6.45) is -1.05. The summed E-state index contributed by atoms with van der Waals surface area (Å²) in [7, 11) is -2.83. The Labute approximate surface area is 207 Å². The molecular weight excluding hydrogens is 460 g/mol. The molecule has 0 spiro atoms. The summed E-state index contributed by atoms with van der Waals surface area (Å²) < 4.78 is 14.4. The topological polar surface area (TPSA) is 93.8 Å². The van der Waals surface area contributed by atoms with Crippen molar-refractivity contribution >= 4 is 18.7 Å². The van der Waals surface area contributed by atoms with Crippen LogP contribution in [0.15, 0.2) is 77.7 Å². The van der Waals surface area contributed by atoms with Crippen molar-refractivity contribution in [2.45, 2.75) is 51.2 Å². The molecule has 186 valence electrons. The molecule has 2 aromatic carbocycles. The molecule has 0 saturated carbocycles. The van der Waals surface area contributed by atoms with Crippen molar-refractivity contribution in [3.8, 4) is 0 Å². The highest BCUT2D eigenvalue weighted by atomic mass is 28.4. The van der Waals surface area contributed by atoms with E-state index in [9.17, 15) is 15.0 Å². The number of aliphatic hydroxyl groups is 2.